The summed E-state index contributed by atoms with van der Waals surface area (Å²) in [7, 11) is -3.23. The fourth-order valence-corrected chi connectivity index (χ4v) is 3.05. The number of sulfonamides is 1. The monoisotopic (exact) mass is 332 g/mol. The third-order valence-corrected chi connectivity index (χ3v) is 3.60. The lowest BCUT2D eigenvalue weighted by molar-refractivity contribution is 0.271. The van der Waals surface area contributed by atoms with E-state index in [1.165, 1.54) is 0 Å². The molecule has 1 rings (SSSR count). The molecule has 1 heterocycles. The number of aromatic nitrogens is 2. The predicted molar refractivity (Wildman–Crippen MR) is 84.3 cm³/mol. The molecule has 0 aliphatic carbocycles. The molecule has 0 atom stereocenters. The van der Waals surface area contributed by atoms with Crippen molar-refractivity contribution in [1.29, 1.82) is 5.41 Å². The minimum Gasteiger partial charge on any atom is -0.382 e. The number of hydrogen-bond acceptors (Lipinski definition) is 7. The smallest absolute Gasteiger partial charge is 0.208 e. The fourth-order valence-electron chi connectivity index (χ4n) is 2.40. The van der Waals surface area contributed by atoms with Gasteiger partial charge in [-0.15, -0.1) is 0 Å². The average Bonchev–Trinajstić information content (AvgIpc) is 2.71. The van der Waals surface area contributed by atoms with Gasteiger partial charge in [0.25, 0.3) is 0 Å². The van der Waals surface area contributed by atoms with Gasteiger partial charge in [-0.25, -0.2) is 17.8 Å². The van der Waals surface area contributed by atoms with Gasteiger partial charge in [0.05, 0.1) is 6.26 Å². The summed E-state index contributed by atoms with van der Waals surface area (Å²) in [6, 6.07) is 0. The van der Waals surface area contributed by atoms with Crippen LogP contribution in [0.25, 0.3) is 0 Å². The summed E-state index contributed by atoms with van der Waals surface area (Å²) in [5.41, 5.74) is 4.82. The van der Waals surface area contributed by atoms with Gasteiger partial charge in [0, 0.05) is 12.1 Å². The van der Waals surface area contributed by atoms with Crippen LogP contribution in [0.5, 0.6) is 0 Å². The molecule has 1 aromatic heterocycles. The van der Waals surface area contributed by atoms with Crippen molar-refractivity contribution in [2.24, 2.45) is 11.1 Å². The van der Waals surface area contributed by atoms with Crippen LogP contribution in [0.4, 0.5) is 5.82 Å². The highest BCUT2D eigenvalue weighted by atomic mass is 32.2. The molecule has 0 radical (unpaired) electrons. The third-order valence-electron chi connectivity index (χ3n) is 2.93. The third kappa shape index (κ3) is 5.98. The summed E-state index contributed by atoms with van der Waals surface area (Å²) in [6.07, 6.45) is 1.76. The molecular formula is C12H24N6O3S. The zero-order valence-corrected chi connectivity index (χ0v) is 14.3. The van der Waals surface area contributed by atoms with Gasteiger partial charge in [-0.3, -0.25) is 5.41 Å². The Kier molecular flexibility index (Phi) is 5.18. The second kappa shape index (κ2) is 6.21. The van der Waals surface area contributed by atoms with E-state index in [0.717, 1.165) is 6.26 Å². The molecule has 1 aromatic rings. The second-order valence-electron chi connectivity index (χ2n) is 6.82. The average molecular weight is 332 g/mol. The lowest BCUT2D eigenvalue weighted by Crippen LogP contribution is -2.42. The van der Waals surface area contributed by atoms with Crippen molar-refractivity contribution >= 4 is 21.7 Å². The Morgan fingerprint density at radius 1 is 1.32 bits per heavy atom. The number of nitrogens with zero attached hydrogens (tertiary/aromatic N) is 2. The zero-order valence-electron chi connectivity index (χ0n) is 13.5. The van der Waals surface area contributed by atoms with E-state index in [-0.39, 0.29) is 16.9 Å². The predicted octanol–water partition coefficient (Wildman–Crippen LogP) is 0.510. The number of nitrogen functional groups attached to an aromatic ring is 1. The van der Waals surface area contributed by atoms with Gasteiger partial charge in [-0.2, -0.15) is 0 Å². The van der Waals surface area contributed by atoms with E-state index in [1.54, 1.807) is 0 Å². The van der Waals surface area contributed by atoms with Gasteiger partial charge >= 0.3 is 0 Å². The fraction of sp³-hybridized carbons (Fsp3) is 0.750. The van der Waals surface area contributed by atoms with Gasteiger partial charge in [0.1, 0.15) is 5.84 Å². The maximum absolute atomic E-state index is 11.2. The Labute approximate surface area is 130 Å². The first kappa shape index (κ1) is 18.4. The zero-order chi connectivity index (χ0) is 17.2. The largest absolute Gasteiger partial charge is 0.382 e. The quantitative estimate of drug-likeness (QED) is 0.400. The number of nitrogens with two attached hydrogens (primary N) is 1. The summed E-state index contributed by atoms with van der Waals surface area (Å²) < 4.78 is 29.6. The number of hydrogen-bond donors (Lipinski definition) is 4. The molecule has 0 fully saturated rings. The van der Waals surface area contributed by atoms with Crippen LogP contribution in [0.2, 0.25) is 0 Å². The first-order valence-electron chi connectivity index (χ1n) is 6.71. The van der Waals surface area contributed by atoms with E-state index < -0.39 is 15.6 Å². The Morgan fingerprint density at radius 3 is 2.41 bits per heavy atom. The lowest BCUT2D eigenvalue weighted by atomic mass is 9.80. The van der Waals surface area contributed by atoms with E-state index >= 15 is 0 Å². The molecule has 0 spiro atoms. The van der Waals surface area contributed by atoms with Crippen LogP contribution in [0.1, 0.15) is 39.8 Å². The summed E-state index contributed by atoms with van der Waals surface area (Å²) >= 11 is 0. The van der Waals surface area contributed by atoms with Gasteiger partial charge < -0.3 is 11.1 Å². The van der Waals surface area contributed by atoms with Gasteiger partial charge in [0.2, 0.25) is 15.8 Å². The molecule has 126 valence electrons. The van der Waals surface area contributed by atoms with Crippen molar-refractivity contribution in [2.45, 2.75) is 39.7 Å². The van der Waals surface area contributed by atoms with Crippen LogP contribution in [0, 0.1) is 10.8 Å². The molecule has 0 unspecified atom stereocenters. The van der Waals surface area contributed by atoms with Crippen LogP contribution < -0.4 is 15.8 Å². The first-order valence-corrected chi connectivity index (χ1v) is 8.60. The Bertz CT molecular complexity index is 635. The van der Waals surface area contributed by atoms with E-state index in [2.05, 4.69) is 25.0 Å². The molecule has 0 aliphatic rings. The molecule has 0 bridgehead atoms. The maximum atomic E-state index is 11.2. The Morgan fingerprint density at radius 2 is 1.91 bits per heavy atom. The van der Waals surface area contributed by atoms with Crippen LogP contribution >= 0.6 is 0 Å². The van der Waals surface area contributed by atoms with Crippen LogP contribution in [-0.4, -0.2) is 42.9 Å². The minimum atomic E-state index is -3.23. The standard InChI is InChI=1S/C12H24N6O3S/c1-11(2,7-15-22(5,19)20)6-12(3,4)16-10-8(9(13)14)17-21-18-10/h15H,6-7H2,1-5H3,(H3,13,14)(H,16,18). The molecule has 0 aromatic carbocycles. The van der Waals surface area contributed by atoms with Crippen molar-refractivity contribution in [1.82, 2.24) is 15.0 Å². The summed E-state index contributed by atoms with van der Waals surface area (Å²) in [5, 5.41) is 17.8. The van der Waals surface area contributed by atoms with E-state index in [9.17, 15) is 8.42 Å². The lowest BCUT2D eigenvalue weighted by Gasteiger charge is -2.35. The first-order chi connectivity index (χ1) is 9.81. The molecule has 0 saturated carbocycles. The Hall–Kier alpha value is -1.68. The molecule has 5 N–H and O–H groups in total. The highest BCUT2D eigenvalue weighted by molar-refractivity contribution is 7.88. The molecule has 9 nitrogen and oxygen atoms in total. The minimum absolute atomic E-state index is 0.153. The van der Waals surface area contributed by atoms with Crippen LogP contribution in [-0.2, 0) is 10.0 Å². The van der Waals surface area contributed by atoms with Crippen molar-refractivity contribution in [2.75, 3.05) is 18.1 Å². The molecule has 0 aliphatic heterocycles. The number of anilines is 1. The maximum Gasteiger partial charge on any atom is 0.208 e. The highest BCUT2D eigenvalue weighted by Gasteiger charge is 2.31. The van der Waals surface area contributed by atoms with Crippen molar-refractivity contribution in [3.05, 3.63) is 5.69 Å². The Balaban J connectivity index is 2.77. The van der Waals surface area contributed by atoms with Gasteiger partial charge in [-0.05, 0) is 36.0 Å². The van der Waals surface area contributed by atoms with Crippen LogP contribution in [0.3, 0.4) is 0 Å². The van der Waals surface area contributed by atoms with Crippen molar-refractivity contribution < 1.29 is 13.0 Å². The SMILES string of the molecule is CC(C)(CNS(C)(=O)=O)CC(C)(C)Nc1nonc1C(=N)N. The molecule has 22 heavy (non-hydrogen) atoms. The second-order valence-corrected chi connectivity index (χ2v) is 8.65. The molecule has 0 amide bonds. The summed E-state index contributed by atoms with van der Waals surface area (Å²) in [4.78, 5) is 0. The molecular weight excluding hydrogens is 308 g/mol. The van der Waals surface area contributed by atoms with Gasteiger partial charge in [0.15, 0.2) is 5.69 Å². The van der Waals surface area contributed by atoms with Crippen molar-refractivity contribution in [3.8, 4) is 0 Å². The van der Waals surface area contributed by atoms with Crippen molar-refractivity contribution in [3.63, 3.8) is 0 Å². The normalized spacial score (nSPS) is 13.1. The van der Waals surface area contributed by atoms with Crippen LogP contribution in [0.15, 0.2) is 4.63 Å². The topological polar surface area (TPSA) is 147 Å². The van der Waals surface area contributed by atoms with E-state index in [0.29, 0.717) is 18.8 Å². The number of rotatable bonds is 8. The number of nitrogens with one attached hydrogen (secondary N) is 3. The number of amidine groups is 1. The summed E-state index contributed by atoms with van der Waals surface area (Å²) in [5.74, 6) is 0.0573. The molecule has 0 saturated heterocycles. The van der Waals surface area contributed by atoms with Gasteiger partial charge in [-0.1, -0.05) is 13.8 Å². The van der Waals surface area contributed by atoms with E-state index in [4.69, 9.17) is 11.1 Å². The summed E-state index contributed by atoms with van der Waals surface area (Å²) in [6.45, 7) is 8.11. The molecule has 10 heteroatoms. The highest BCUT2D eigenvalue weighted by Crippen LogP contribution is 2.30. The van der Waals surface area contributed by atoms with E-state index in [1.807, 2.05) is 27.7 Å².